The van der Waals surface area contributed by atoms with Gasteiger partial charge in [0.2, 0.25) is 0 Å². The average molecular weight is 355 g/mol. The molecule has 0 aliphatic carbocycles. The van der Waals surface area contributed by atoms with Crippen LogP contribution in [0, 0.1) is 11.8 Å². The van der Waals surface area contributed by atoms with Crippen molar-refractivity contribution in [3.05, 3.63) is 28.2 Å². The average Bonchev–Trinajstić information content (AvgIpc) is 2.40. The number of rotatable bonds is 7. The molecule has 118 valence electrons. The van der Waals surface area contributed by atoms with Crippen LogP contribution in [0.15, 0.2) is 22.7 Å². The van der Waals surface area contributed by atoms with E-state index >= 15 is 0 Å². The molecule has 0 atom stereocenters. The Labute approximate surface area is 137 Å². The molecular formula is C17H27BrN2O. The first-order valence-electron chi connectivity index (χ1n) is 7.65. The highest BCUT2D eigenvalue weighted by Crippen LogP contribution is 2.21. The van der Waals surface area contributed by atoms with Crippen molar-refractivity contribution in [3.8, 4) is 0 Å². The van der Waals surface area contributed by atoms with Crippen LogP contribution < -0.4 is 5.73 Å². The summed E-state index contributed by atoms with van der Waals surface area (Å²) >= 11 is 3.37. The Balaban J connectivity index is 2.83. The summed E-state index contributed by atoms with van der Waals surface area (Å²) in [6.45, 7) is 10.3. The normalized spacial score (nSPS) is 11.2. The van der Waals surface area contributed by atoms with Gasteiger partial charge in [0.05, 0.1) is 0 Å². The lowest BCUT2D eigenvalue weighted by Crippen LogP contribution is -2.34. The molecule has 0 unspecified atom stereocenters. The van der Waals surface area contributed by atoms with Crippen LogP contribution in [-0.2, 0) is 0 Å². The van der Waals surface area contributed by atoms with Crippen molar-refractivity contribution in [3.63, 3.8) is 0 Å². The van der Waals surface area contributed by atoms with Gasteiger partial charge in [0.25, 0.3) is 5.91 Å². The van der Waals surface area contributed by atoms with Crippen LogP contribution in [-0.4, -0.2) is 23.9 Å². The van der Waals surface area contributed by atoms with Crippen molar-refractivity contribution in [1.29, 1.82) is 0 Å². The Bertz CT molecular complexity index is 460. The van der Waals surface area contributed by atoms with Gasteiger partial charge in [-0.05, 0) is 58.8 Å². The molecule has 0 aromatic heterocycles. The fourth-order valence-electron chi connectivity index (χ4n) is 2.00. The smallest absolute Gasteiger partial charge is 0.253 e. The molecule has 1 aromatic carbocycles. The van der Waals surface area contributed by atoms with Crippen LogP contribution in [0.1, 0.15) is 50.9 Å². The first kappa shape index (κ1) is 18.0. The van der Waals surface area contributed by atoms with Crippen molar-refractivity contribution < 1.29 is 4.79 Å². The molecule has 0 radical (unpaired) electrons. The van der Waals surface area contributed by atoms with E-state index in [9.17, 15) is 4.79 Å². The van der Waals surface area contributed by atoms with E-state index in [1.54, 1.807) is 6.07 Å². The molecule has 21 heavy (non-hydrogen) atoms. The number of hydrogen-bond donors (Lipinski definition) is 1. The quantitative estimate of drug-likeness (QED) is 0.729. The van der Waals surface area contributed by atoms with Gasteiger partial charge >= 0.3 is 0 Å². The number of carbonyl (C=O) groups is 1. The monoisotopic (exact) mass is 354 g/mol. The molecule has 0 saturated carbocycles. The summed E-state index contributed by atoms with van der Waals surface area (Å²) in [4.78, 5) is 14.6. The van der Waals surface area contributed by atoms with E-state index in [0.717, 1.165) is 30.4 Å². The summed E-state index contributed by atoms with van der Waals surface area (Å²) in [6.07, 6.45) is 2.05. The lowest BCUT2D eigenvalue weighted by Gasteiger charge is -2.25. The highest BCUT2D eigenvalue weighted by Gasteiger charge is 2.17. The molecule has 0 spiro atoms. The third kappa shape index (κ3) is 6.08. The number of anilines is 1. The zero-order chi connectivity index (χ0) is 16.0. The second-order valence-corrected chi connectivity index (χ2v) is 7.25. The number of benzene rings is 1. The van der Waals surface area contributed by atoms with E-state index in [1.807, 2.05) is 17.0 Å². The highest BCUT2D eigenvalue weighted by molar-refractivity contribution is 9.10. The Morgan fingerprint density at radius 3 is 2.10 bits per heavy atom. The number of halogens is 1. The van der Waals surface area contributed by atoms with Crippen molar-refractivity contribution in [2.75, 3.05) is 18.8 Å². The number of nitrogens with zero attached hydrogens (tertiary/aromatic N) is 1. The summed E-state index contributed by atoms with van der Waals surface area (Å²) < 4.78 is 0.829. The van der Waals surface area contributed by atoms with Crippen molar-refractivity contribution >= 4 is 27.5 Å². The van der Waals surface area contributed by atoms with Gasteiger partial charge in [-0.3, -0.25) is 4.79 Å². The van der Waals surface area contributed by atoms with E-state index in [1.165, 1.54) is 0 Å². The van der Waals surface area contributed by atoms with Crippen molar-refractivity contribution in [2.24, 2.45) is 11.8 Å². The highest BCUT2D eigenvalue weighted by atomic mass is 79.9. The number of nitrogen functional groups attached to an aromatic ring is 1. The summed E-state index contributed by atoms with van der Waals surface area (Å²) in [5.74, 6) is 1.26. The number of hydrogen-bond acceptors (Lipinski definition) is 2. The van der Waals surface area contributed by atoms with Crippen LogP contribution in [0.3, 0.4) is 0 Å². The van der Waals surface area contributed by atoms with E-state index in [-0.39, 0.29) is 5.91 Å². The molecule has 0 aliphatic heterocycles. The molecule has 2 N–H and O–H groups in total. The van der Waals surface area contributed by atoms with Gasteiger partial charge in [0, 0.05) is 28.8 Å². The van der Waals surface area contributed by atoms with Crippen LogP contribution in [0.5, 0.6) is 0 Å². The second-order valence-electron chi connectivity index (χ2n) is 6.39. The minimum atomic E-state index is 0.0792. The van der Waals surface area contributed by atoms with Gasteiger partial charge in [0.15, 0.2) is 0 Å². The Kier molecular flexibility index (Phi) is 7.23. The molecule has 4 heteroatoms. The minimum Gasteiger partial charge on any atom is -0.398 e. The van der Waals surface area contributed by atoms with Gasteiger partial charge in [-0.2, -0.15) is 0 Å². The SMILES string of the molecule is CC(C)CCN(CCC(C)C)C(=O)c1ccc(Br)c(N)c1. The van der Waals surface area contributed by atoms with E-state index in [4.69, 9.17) is 5.73 Å². The standard InChI is InChI=1S/C17H27BrN2O/c1-12(2)7-9-20(10-8-13(3)4)17(21)14-5-6-15(18)16(19)11-14/h5-6,11-13H,7-10,19H2,1-4H3. The molecule has 0 bridgehead atoms. The van der Waals surface area contributed by atoms with Crippen LogP contribution in [0.4, 0.5) is 5.69 Å². The third-order valence-corrected chi connectivity index (χ3v) is 4.21. The molecule has 0 saturated heterocycles. The van der Waals surface area contributed by atoms with Gasteiger partial charge in [-0.25, -0.2) is 0 Å². The van der Waals surface area contributed by atoms with Gasteiger partial charge in [-0.15, -0.1) is 0 Å². The third-order valence-electron chi connectivity index (χ3n) is 3.48. The Hall–Kier alpha value is -1.03. The predicted octanol–water partition coefficient (Wildman–Crippen LogP) is 4.57. The Morgan fingerprint density at radius 1 is 1.14 bits per heavy atom. The first-order valence-corrected chi connectivity index (χ1v) is 8.44. The molecule has 1 amide bonds. The maximum Gasteiger partial charge on any atom is 0.253 e. The van der Waals surface area contributed by atoms with Crippen molar-refractivity contribution in [2.45, 2.75) is 40.5 Å². The minimum absolute atomic E-state index is 0.0792. The number of nitrogens with two attached hydrogens (primary N) is 1. The van der Waals surface area contributed by atoms with Crippen LogP contribution >= 0.6 is 15.9 Å². The molecule has 0 aliphatic rings. The lowest BCUT2D eigenvalue weighted by molar-refractivity contribution is 0.0741. The van der Waals surface area contributed by atoms with Gasteiger partial charge in [-0.1, -0.05) is 27.7 Å². The fraction of sp³-hybridized carbons (Fsp3) is 0.588. The molecule has 0 fully saturated rings. The zero-order valence-electron chi connectivity index (χ0n) is 13.5. The van der Waals surface area contributed by atoms with E-state index < -0.39 is 0 Å². The van der Waals surface area contributed by atoms with Crippen molar-refractivity contribution in [1.82, 2.24) is 4.90 Å². The largest absolute Gasteiger partial charge is 0.398 e. The summed E-state index contributed by atoms with van der Waals surface area (Å²) in [7, 11) is 0. The number of carbonyl (C=O) groups excluding carboxylic acids is 1. The summed E-state index contributed by atoms with van der Waals surface area (Å²) in [6, 6.07) is 5.43. The summed E-state index contributed by atoms with van der Waals surface area (Å²) in [5, 5.41) is 0. The Morgan fingerprint density at radius 2 is 1.67 bits per heavy atom. The van der Waals surface area contributed by atoms with E-state index in [0.29, 0.717) is 23.1 Å². The zero-order valence-corrected chi connectivity index (χ0v) is 15.1. The van der Waals surface area contributed by atoms with E-state index in [2.05, 4.69) is 43.6 Å². The first-order chi connectivity index (χ1) is 9.81. The maximum absolute atomic E-state index is 12.7. The molecule has 0 heterocycles. The lowest BCUT2D eigenvalue weighted by atomic mass is 10.1. The van der Waals surface area contributed by atoms with Crippen LogP contribution in [0.2, 0.25) is 0 Å². The number of amides is 1. The molecule has 1 aromatic rings. The maximum atomic E-state index is 12.7. The van der Waals surface area contributed by atoms with Gasteiger partial charge < -0.3 is 10.6 Å². The predicted molar refractivity (Wildman–Crippen MR) is 93.4 cm³/mol. The second kappa shape index (κ2) is 8.42. The molecular weight excluding hydrogens is 328 g/mol. The van der Waals surface area contributed by atoms with Gasteiger partial charge in [0.1, 0.15) is 0 Å². The van der Waals surface area contributed by atoms with Crippen LogP contribution in [0.25, 0.3) is 0 Å². The summed E-state index contributed by atoms with van der Waals surface area (Å²) in [5.41, 5.74) is 7.16. The fourth-order valence-corrected chi connectivity index (χ4v) is 2.25. The topological polar surface area (TPSA) is 46.3 Å². The molecule has 1 rings (SSSR count). The molecule has 3 nitrogen and oxygen atoms in total.